The Hall–Kier alpha value is -1.60. The van der Waals surface area contributed by atoms with Crippen LogP contribution in [-0.4, -0.2) is 25.2 Å². The van der Waals surface area contributed by atoms with Gasteiger partial charge in [0.05, 0.1) is 4.92 Å². The SMILES string of the molecule is COCC(C)CNCc1cc([N+](=O)[O-])c(F)cc1F. The normalized spacial score (nSPS) is 12.4. The summed E-state index contributed by atoms with van der Waals surface area (Å²) in [6.45, 7) is 3.17. The molecule has 0 saturated heterocycles. The van der Waals surface area contributed by atoms with Crippen molar-refractivity contribution < 1.29 is 18.4 Å². The highest BCUT2D eigenvalue weighted by atomic mass is 19.1. The van der Waals surface area contributed by atoms with Gasteiger partial charge in [-0.2, -0.15) is 4.39 Å². The van der Waals surface area contributed by atoms with E-state index in [2.05, 4.69) is 5.32 Å². The monoisotopic (exact) mass is 274 g/mol. The van der Waals surface area contributed by atoms with Crippen molar-refractivity contribution in [2.24, 2.45) is 5.92 Å². The molecular formula is C12H16F2N2O3. The lowest BCUT2D eigenvalue weighted by atomic mass is 10.1. The Kier molecular flexibility index (Phi) is 5.78. The van der Waals surface area contributed by atoms with E-state index in [1.807, 2.05) is 6.92 Å². The summed E-state index contributed by atoms with van der Waals surface area (Å²) in [6.07, 6.45) is 0. The predicted molar refractivity (Wildman–Crippen MR) is 65.8 cm³/mol. The van der Waals surface area contributed by atoms with Gasteiger partial charge in [0, 0.05) is 44.5 Å². The first-order valence-corrected chi connectivity index (χ1v) is 5.77. The van der Waals surface area contributed by atoms with E-state index in [-0.39, 0.29) is 18.0 Å². The lowest BCUT2D eigenvalue weighted by Gasteiger charge is -2.11. The molecule has 1 aromatic carbocycles. The molecule has 0 amide bonds. The molecule has 0 aromatic heterocycles. The minimum absolute atomic E-state index is 0.0673. The third-order valence-electron chi connectivity index (χ3n) is 2.57. The van der Waals surface area contributed by atoms with Gasteiger partial charge >= 0.3 is 5.69 Å². The van der Waals surface area contributed by atoms with Crippen LogP contribution in [0.2, 0.25) is 0 Å². The number of hydrogen-bond donors (Lipinski definition) is 1. The molecule has 1 N–H and O–H groups in total. The molecule has 0 heterocycles. The van der Waals surface area contributed by atoms with Gasteiger partial charge in [0.15, 0.2) is 0 Å². The van der Waals surface area contributed by atoms with E-state index in [0.717, 1.165) is 6.07 Å². The first kappa shape index (κ1) is 15.5. The molecule has 1 unspecified atom stereocenters. The van der Waals surface area contributed by atoms with Crippen molar-refractivity contribution >= 4 is 5.69 Å². The molecule has 1 aromatic rings. The number of halogens is 2. The molecule has 0 aliphatic heterocycles. The first-order chi connectivity index (χ1) is 8.95. The van der Waals surface area contributed by atoms with Gasteiger partial charge < -0.3 is 10.1 Å². The highest BCUT2D eigenvalue weighted by molar-refractivity contribution is 5.37. The van der Waals surface area contributed by atoms with Crippen LogP contribution in [0.25, 0.3) is 0 Å². The largest absolute Gasteiger partial charge is 0.384 e. The second-order valence-electron chi connectivity index (χ2n) is 4.34. The summed E-state index contributed by atoms with van der Waals surface area (Å²) in [6, 6.07) is 1.45. The summed E-state index contributed by atoms with van der Waals surface area (Å²) < 4.78 is 31.5. The van der Waals surface area contributed by atoms with Crippen molar-refractivity contribution in [3.63, 3.8) is 0 Å². The Balaban J connectivity index is 2.68. The van der Waals surface area contributed by atoms with E-state index in [9.17, 15) is 18.9 Å². The zero-order valence-corrected chi connectivity index (χ0v) is 10.8. The average Bonchev–Trinajstić information content (AvgIpc) is 2.31. The van der Waals surface area contributed by atoms with Crippen LogP contribution in [0.5, 0.6) is 0 Å². The Labute approximate surface area is 109 Å². The summed E-state index contributed by atoms with van der Waals surface area (Å²) in [7, 11) is 1.58. The maximum Gasteiger partial charge on any atom is 0.305 e. The van der Waals surface area contributed by atoms with Gasteiger partial charge in [0.1, 0.15) is 5.82 Å². The fourth-order valence-electron chi connectivity index (χ4n) is 1.65. The summed E-state index contributed by atoms with van der Waals surface area (Å²) in [5.41, 5.74) is -0.652. The van der Waals surface area contributed by atoms with Gasteiger partial charge in [-0.25, -0.2) is 4.39 Å². The number of ether oxygens (including phenoxy) is 1. The van der Waals surface area contributed by atoms with Gasteiger partial charge in [-0.05, 0) is 5.92 Å². The predicted octanol–water partition coefficient (Wildman–Crippen LogP) is 2.25. The minimum atomic E-state index is -1.17. The van der Waals surface area contributed by atoms with Crippen molar-refractivity contribution in [3.8, 4) is 0 Å². The molecule has 0 radical (unpaired) electrons. The van der Waals surface area contributed by atoms with Crippen molar-refractivity contribution in [1.82, 2.24) is 5.32 Å². The summed E-state index contributed by atoms with van der Waals surface area (Å²) in [4.78, 5) is 9.69. The third kappa shape index (κ3) is 4.53. The maximum absolute atomic E-state index is 13.4. The smallest absolute Gasteiger partial charge is 0.305 e. The number of nitro groups is 1. The Morgan fingerprint density at radius 1 is 1.42 bits per heavy atom. The van der Waals surface area contributed by atoms with Crippen molar-refractivity contribution in [1.29, 1.82) is 0 Å². The van der Waals surface area contributed by atoms with Gasteiger partial charge in [0.25, 0.3) is 0 Å². The number of nitro benzene ring substituents is 1. The number of nitrogens with one attached hydrogen (secondary N) is 1. The number of nitrogens with zero attached hydrogens (tertiary/aromatic N) is 1. The molecule has 1 atom stereocenters. The summed E-state index contributed by atoms with van der Waals surface area (Å²) in [5, 5.41) is 13.5. The molecule has 0 spiro atoms. The summed E-state index contributed by atoms with van der Waals surface area (Å²) in [5.74, 6) is -1.74. The minimum Gasteiger partial charge on any atom is -0.384 e. The molecule has 7 heteroatoms. The van der Waals surface area contributed by atoms with Crippen LogP contribution < -0.4 is 5.32 Å². The maximum atomic E-state index is 13.4. The van der Waals surface area contributed by atoms with E-state index in [1.54, 1.807) is 7.11 Å². The number of hydrogen-bond acceptors (Lipinski definition) is 4. The molecule has 0 bridgehead atoms. The van der Waals surface area contributed by atoms with E-state index in [1.165, 1.54) is 0 Å². The van der Waals surface area contributed by atoms with E-state index >= 15 is 0 Å². The molecular weight excluding hydrogens is 258 g/mol. The third-order valence-corrected chi connectivity index (χ3v) is 2.57. The Morgan fingerprint density at radius 3 is 2.68 bits per heavy atom. The first-order valence-electron chi connectivity index (χ1n) is 5.77. The fraction of sp³-hybridized carbons (Fsp3) is 0.500. The van der Waals surface area contributed by atoms with E-state index in [4.69, 9.17) is 4.74 Å². The Morgan fingerprint density at radius 2 is 2.11 bits per heavy atom. The lowest BCUT2D eigenvalue weighted by Crippen LogP contribution is -2.24. The molecule has 106 valence electrons. The number of benzene rings is 1. The van der Waals surface area contributed by atoms with Crippen LogP contribution >= 0.6 is 0 Å². The average molecular weight is 274 g/mol. The number of methoxy groups -OCH3 is 1. The summed E-state index contributed by atoms with van der Waals surface area (Å²) >= 11 is 0. The van der Waals surface area contributed by atoms with E-state index in [0.29, 0.717) is 19.2 Å². The van der Waals surface area contributed by atoms with Gasteiger partial charge in [0.2, 0.25) is 5.82 Å². The Bertz CT molecular complexity index is 455. The van der Waals surface area contributed by atoms with Crippen LogP contribution in [0.1, 0.15) is 12.5 Å². The lowest BCUT2D eigenvalue weighted by molar-refractivity contribution is -0.387. The molecule has 5 nitrogen and oxygen atoms in total. The second-order valence-corrected chi connectivity index (χ2v) is 4.34. The van der Waals surface area contributed by atoms with Crippen molar-refractivity contribution in [2.75, 3.05) is 20.3 Å². The molecule has 19 heavy (non-hydrogen) atoms. The van der Waals surface area contributed by atoms with Gasteiger partial charge in [-0.15, -0.1) is 0 Å². The zero-order valence-electron chi connectivity index (χ0n) is 10.8. The topological polar surface area (TPSA) is 64.4 Å². The van der Waals surface area contributed by atoms with Gasteiger partial charge in [-0.1, -0.05) is 6.92 Å². The van der Waals surface area contributed by atoms with Crippen molar-refractivity contribution in [2.45, 2.75) is 13.5 Å². The standard InChI is InChI=1S/C12H16F2N2O3/c1-8(7-19-2)5-15-6-9-3-12(16(17)18)11(14)4-10(9)13/h3-4,8,15H,5-7H2,1-2H3. The highest BCUT2D eigenvalue weighted by Gasteiger charge is 2.18. The quantitative estimate of drug-likeness (QED) is 0.612. The number of rotatable bonds is 7. The molecule has 0 saturated carbocycles. The fourth-order valence-corrected chi connectivity index (χ4v) is 1.65. The van der Waals surface area contributed by atoms with Gasteiger partial charge in [-0.3, -0.25) is 10.1 Å². The highest BCUT2D eigenvalue weighted by Crippen LogP contribution is 2.21. The van der Waals surface area contributed by atoms with Crippen LogP contribution in [0.4, 0.5) is 14.5 Å². The zero-order chi connectivity index (χ0) is 14.4. The second kappa shape index (κ2) is 7.10. The molecule has 1 rings (SSSR count). The van der Waals surface area contributed by atoms with Crippen LogP contribution in [0.3, 0.4) is 0 Å². The van der Waals surface area contributed by atoms with Crippen LogP contribution in [-0.2, 0) is 11.3 Å². The van der Waals surface area contributed by atoms with Crippen molar-refractivity contribution in [3.05, 3.63) is 39.4 Å². The molecule has 0 aliphatic rings. The molecule has 0 fully saturated rings. The van der Waals surface area contributed by atoms with E-state index < -0.39 is 22.2 Å². The van der Waals surface area contributed by atoms with Crippen LogP contribution in [0.15, 0.2) is 12.1 Å². The van der Waals surface area contributed by atoms with Crippen LogP contribution in [0, 0.1) is 27.7 Å². The molecule has 0 aliphatic carbocycles.